The van der Waals surface area contributed by atoms with E-state index in [9.17, 15) is 88.2 Å². The Morgan fingerprint density at radius 1 is 0.607 bits per heavy atom. The molecular weight excluding hydrogens is 876 g/mol. The maximum Gasteiger partial charge on any atom is 0.460 e. The van der Waals surface area contributed by atoms with Crippen molar-refractivity contribution in [2.45, 2.75) is 162 Å². The zero-order valence-corrected chi connectivity index (χ0v) is 31.9. The van der Waals surface area contributed by atoms with Crippen molar-refractivity contribution in [2.75, 3.05) is 12.4 Å². The molecule has 1 unspecified atom stereocenters. The average molecular weight is 914 g/mol. The smallest absolute Gasteiger partial charge is 0.460 e. The second kappa shape index (κ2) is 20.6. The van der Waals surface area contributed by atoms with Gasteiger partial charge in [-0.05, 0) is 25.5 Å². The summed E-state index contributed by atoms with van der Waals surface area (Å²) in [6.45, 7) is 1.10. The van der Waals surface area contributed by atoms with E-state index in [-0.39, 0.29) is 3.53 Å². The predicted molar refractivity (Wildman–Crippen MR) is 174 cm³/mol. The van der Waals surface area contributed by atoms with E-state index in [4.69, 9.17) is 17.5 Å². The standard InChI is InChI=1S/C31H38F19NO2S3/c1-3-4-5-6-7-8-9-10-11-12-18-55-21(54)56-22(2,14-13-16-51)20(52)53-17-15-23(32,33)26(38,39)29(44,45)27(40,41)24(34,35)19-25(36,37)28(42,43)30(46,47)31(48,49)50/h3-15,17-19H2,1-2H3. The summed E-state index contributed by atoms with van der Waals surface area (Å²) in [5.41, 5.74) is 0. The van der Waals surface area contributed by atoms with E-state index < -0.39 is 96.6 Å². The molecule has 0 bridgehead atoms. The third-order valence-electron chi connectivity index (χ3n) is 8.18. The number of thiocarbonyl (C=S) groups is 1. The number of halogens is 19. The van der Waals surface area contributed by atoms with Crippen molar-refractivity contribution in [1.29, 1.82) is 5.26 Å². The summed E-state index contributed by atoms with van der Waals surface area (Å²) in [6, 6.07) is 1.64. The third-order valence-corrected chi connectivity index (χ3v) is 11.1. The molecule has 56 heavy (non-hydrogen) atoms. The lowest BCUT2D eigenvalue weighted by atomic mass is 9.88. The van der Waals surface area contributed by atoms with E-state index in [0.29, 0.717) is 23.9 Å². The highest BCUT2D eigenvalue weighted by atomic mass is 32.2. The first kappa shape index (κ1) is 54.4. The number of thioether (sulfide) groups is 2. The van der Waals surface area contributed by atoms with Crippen molar-refractivity contribution in [3.05, 3.63) is 0 Å². The van der Waals surface area contributed by atoms with E-state index in [0.717, 1.165) is 70.1 Å². The summed E-state index contributed by atoms with van der Waals surface area (Å²) >= 11 is 6.82. The second-order valence-corrected chi connectivity index (χ2v) is 16.6. The molecule has 0 N–H and O–H groups in total. The fraction of sp³-hybridized carbons (Fsp3) is 0.903. The van der Waals surface area contributed by atoms with Gasteiger partial charge in [-0.25, -0.2) is 0 Å². The van der Waals surface area contributed by atoms with Crippen LogP contribution in [-0.4, -0.2) is 80.2 Å². The SMILES string of the molecule is CCCCCCCCCCCCSC(=S)SC(C)(CCC#N)C(=O)OCCC(F)(F)C(F)(F)C(F)(F)C(F)(F)C(F)(F)CC(F)(F)C(F)(F)C(F)(F)C(F)(F)F. The molecule has 0 saturated carbocycles. The Hall–Kier alpha value is -1.58. The summed E-state index contributed by atoms with van der Waals surface area (Å²) in [6.07, 6.45) is -6.32. The van der Waals surface area contributed by atoms with Gasteiger partial charge in [-0.2, -0.15) is 88.7 Å². The van der Waals surface area contributed by atoms with Crippen LogP contribution in [0.5, 0.6) is 0 Å². The number of carbonyl (C=O) groups is 1. The Morgan fingerprint density at radius 3 is 1.45 bits per heavy atom. The predicted octanol–water partition coefficient (Wildman–Crippen LogP) is 13.7. The number of unbranched alkanes of at least 4 members (excludes halogenated alkanes) is 9. The first-order chi connectivity index (χ1) is 25.1. The van der Waals surface area contributed by atoms with Crippen LogP contribution in [0.3, 0.4) is 0 Å². The molecule has 0 amide bonds. The number of alkyl halides is 19. The van der Waals surface area contributed by atoms with Crippen molar-refractivity contribution in [3.8, 4) is 6.07 Å². The molecule has 0 aromatic rings. The third kappa shape index (κ3) is 13.0. The van der Waals surface area contributed by atoms with E-state index in [1.165, 1.54) is 6.42 Å². The Bertz CT molecular complexity index is 1310. The molecule has 0 heterocycles. The number of hydrogen-bond acceptors (Lipinski definition) is 6. The molecule has 0 fully saturated rings. The summed E-state index contributed by atoms with van der Waals surface area (Å²) in [5.74, 6) is -63.7. The van der Waals surface area contributed by atoms with Crippen molar-refractivity contribution >= 4 is 45.2 Å². The van der Waals surface area contributed by atoms with Crippen LogP contribution in [0, 0.1) is 11.3 Å². The van der Waals surface area contributed by atoms with Crippen molar-refractivity contribution in [2.24, 2.45) is 0 Å². The Balaban J connectivity index is 5.71. The highest BCUT2D eigenvalue weighted by Crippen LogP contribution is 2.62. The summed E-state index contributed by atoms with van der Waals surface area (Å²) < 4.78 is 261. The molecule has 330 valence electrons. The number of hydrogen-bond donors (Lipinski definition) is 0. The molecule has 0 saturated heterocycles. The van der Waals surface area contributed by atoms with Gasteiger partial charge < -0.3 is 4.74 Å². The molecule has 0 aromatic carbocycles. The molecule has 0 spiro atoms. The van der Waals surface area contributed by atoms with Gasteiger partial charge >= 0.3 is 59.5 Å². The zero-order chi connectivity index (χ0) is 44.3. The largest absolute Gasteiger partial charge is 0.464 e. The van der Waals surface area contributed by atoms with Gasteiger partial charge in [0.1, 0.15) is 8.28 Å². The molecule has 0 aliphatic rings. The molecule has 0 rings (SSSR count). The molecule has 0 radical (unpaired) electrons. The first-order valence-corrected chi connectivity index (χ1v) is 18.8. The molecule has 0 aliphatic carbocycles. The van der Waals surface area contributed by atoms with Gasteiger partial charge in [0.15, 0.2) is 0 Å². The van der Waals surface area contributed by atoms with Crippen LogP contribution in [0.2, 0.25) is 0 Å². The van der Waals surface area contributed by atoms with Crippen LogP contribution < -0.4 is 0 Å². The fourth-order valence-electron chi connectivity index (χ4n) is 4.59. The van der Waals surface area contributed by atoms with Crippen LogP contribution in [0.25, 0.3) is 0 Å². The highest BCUT2D eigenvalue weighted by Gasteiger charge is 2.89. The molecule has 0 aliphatic heterocycles. The van der Waals surface area contributed by atoms with Gasteiger partial charge in [0.05, 0.1) is 25.5 Å². The zero-order valence-electron chi connectivity index (χ0n) is 29.5. The quantitative estimate of drug-likeness (QED) is 0.0373. The maximum absolute atomic E-state index is 14.4. The molecule has 25 heteroatoms. The molecule has 1 atom stereocenters. The highest BCUT2D eigenvalue weighted by molar-refractivity contribution is 8.47. The van der Waals surface area contributed by atoms with Gasteiger partial charge in [-0.15, -0.1) is 11.8 Å². The number of ether oxygens (including phenoxy) is 1. The monoisotopic (exact) mass is 913 g/mol. The number of nitriles is 1. The lowest BCUT2D eigenvalue weighted by Crippen LogP contribution is -2.69. The topological polar surface area (TPSA) is 50.1 Å². The molecule has 0 aromatic heterocycles. The number of nitrogens with zero attached hydrogens (tertiary/aromatic N) is 1. The van der Waals surface area contributed by atoms with Crippen molar-refractivity contribution in [1.82, 2.24) is 0 Å². The van der Waals surface area contributed by atoms with E-state index in [1.54, 1.807) is 6.07 Å². The Kier molecular flexibility index (Phi) is 20.0. The van der Waals surface area contributed by atoms with Gasteiger partial charge in [0, 0.05) is 6.42 Å². The molecular formula is C31H38F19NO2S3. The van der Waals surface area contributed by atoms with Gasteiger partial charge in [-0.1, -0.05) is 88.7 Å². The fourth-order valence-corrected chi connectivity index (χ4v) is 7.66. The lowest BCUT2D eigenvalue weighted by molar-refractivity contribution is -0.424. The normalized spacial score (nSPS) is 15.4. The minimum atomic E-state index is -8.27. The second-order valence-electron chi connectivity index (χ2n) is 12.8. The van der Waals surface area contributed by atoms with Crippen LogP contribution in [0.1, 0.15) is 104 Å². The van der Waals surface area contributed by atoms with Crippen LogP contribution >= 0.6 is 35.7 Å². The average Bonchev–Trinajstić information content (AvgIpc) is 3.04. The minimum absolute atomic E-state index is 0.0587. The van der Waals surface area contributed by atoms with Gasteiger partial charge in [0.25, 0.3) is 0 Å². The number of esters is 1. The maximum atomic E-state index is 14.4. The summed E-state index contributed by atoms with van der Waals surface area (Å²) in [7, 11) is 0. The van der Waals surface area contributed by atoms with E-state index in [1.807, 2.05) is 0 Å². The van der Waals surface area contributed by atoms with Crippen LogP contribution in [0.15, 0.2) is 0 Å². The lowest BCUT2D eigenvalue weighted by Gasteiger charge is -2.41. The minimum Gasteiger partial charge on any atom is -0.464 e. The summed E-state index contributed by atoms with van der Waals surface area (Å²) in [4.78, 5) is 12.8. The number of rotatable bonds is 26. The first-order valence-electron chi connectivity index (χ1n) is 16.6. The van der Waals surface area contributed by atoms with E-state index in [2.05, 4.69) is 11.7 Å². The van der Waals surface area contributed by atoms with Crippen molar-refractivity contribution in [3.63, 3.8) is 0 Å². The Labute approximate surface area is 323 Å². The van der Waals surface area contributed by atoms with E-state index >= 15 is 0 Å². The number of carbonyl (C=O) groups excluding carboxylic acids is 1. The van der Waals surface area contributed by atoms with Crippen LogP contribution in [0.4, 0.5) is 83.4 Å². The van der Waals surface area contributed by atoms with Gasteiger partial charge in [0.2, 0.25) is 0 Å². The summed E-state index contributed by atoms with van der Waals surface area (Å²) in [5, 5.41) is 8.93. The van der Waals surface area contributed by atoms with Gasteiger partial charge in [-0.3, -0.25) is 4.79 Å². The van der Waals surface area contributed by atoms with Crippen LogP contribution in [-0.2, 0) is 9.53 Å². The van der Waals surface area contributed by atoms with Crippen molar-refractivity contribution < 1.29 is 92.9 Å². The Morgan fingerprint density at radius 2 is 1.02 bits per heavy atom. The molecule has 3 nitrogen and oxygen atoms in total.